The van der Waals surface area contributed by atoms with Gasteiger partial charge in [-0.3, -0.25) is 4.79 Å². The van der Waals surface area contributed by atoms with Crippen molar-refractivity contribution >= 4 is 11.9 Å². The molecule has 1 amide bonds. The zero-order valence-electron chi connectivity index (χ0n) is 10.1. The van der Waals surface area contributed by atoms with Crippen molar-refractivity contribution in [1.29, 1.82) is 0 Å². The summed E-state index contributed by atoms with van der Waals surface area (Å²) in [5.41, 5.74) is 0.0945. The molecule has 2 N–H and O–H groups in total. The maximum atomic E-state index is 11.7. The first kappa shape index (κ1) is 13.2. The van der Waals surface area contributed by atoms with Crippen LogP contribution in [0.4, 0.5) is 0 Å². The molecular weight excluding hydrogens is 224 g/mol. The molecule has 2 atom stereocenters. The Kier molecular flexibility index (Phi) is 4.25. The number of aliphatic carboxylic acids is 1. The van der Waals surface area contributed by atoms with Crippen LogP contribution in [0, 0.1) is 12.8 Å². The van der Waals surface area contributed by atoms with Gasteiger partial charge >= 0.3 is 5.97 Å². The van der Waals surface area contributed by atoms with E-state index in [1.165, 1.54) is 6.07 Å². The average Bonchev–Trinajstić information content (AvgIpc) is 2.71. The third-order valence-electron chi connectivity index (χ3n) is 2.63. The van der Waals surface area contributed by atoms with Gasteiger partial charge in [0.25, 0.3) is 5.91 Å². The highest BCUT2D eigenvalue weighted by Crippen LogP contribution is 2.09. The molecule has 0 bridgehead atoms. The molecule has 0 fully saturated rings. The zero-order chi connectivity index (χ0) is 13.0. The lowest BCUT2D eigenvalue weighted by Gasteiger charge is -2.19. The highest BCUT2D eigenvalue weighted by atomic mass is 16.5. The number of hydrogen-bond donors (Lipinski definition) is 2. The summed E-state index contributed by atoms with van der Waals surface area (Å²) in [6.45, 7) is 5.30. The number of aryl methyl sites for hydroxylation is 1. The van der Waals surface area contributed by atoms with Crippen LogP contribution in [-0.4, -0.2) is 28.2 Å². The van der Waals surface area contributed by atoms with Crippen LogP contribution < -0.4 is 5.32 Å². The molecule has 1 aromatic heterocycles. The molecule has 1 aromatic rings. The van der Waals surface area contributed by atoms with Gasteiger partial charge in [-0.25, -0.2) is 4.79 Å². The SMILES string of the molecule is CC[C@H](C)[C@H](NC(=O)c1cc(C)on1)C(=O)O. The molecule has 0 aliphatic heterocycles. The first-order valence-electron chi connectivity index (χ1n) is 5.42. The highest BCUT2D eigenvalue weighted by Gasteiger charge is 2.26. The minimum absolute atomic E-state index is 0.0945. The summed E-state index contributed by atoms with van der Waals surface area (Å²) in [7, 11) is 0. The molecule has 0 radical (unpaired) electrons. The molecular formula is C11H16N2O4. The monoisotopic (exact) mass is 240 g/mol. The Bertz CT molecular complexity index is 413. The molecule has 0 aliphatic rings. The maximum Gasteiger partial charge on any atom is 0.326 e. The van der Waals surface area contributed by atoms with E-state index >= 15 is 0 Å². The summed E-state index contributed by atoms with van der Waals surface area (Å²) in [6, 6.07) is 0.551. The number of carbonyl (C=O) groups excluding carboxylic acids is 1. The standard InChI is InChI=1S/C11H16N2O4/c1-4-6(2)9(11(15)16)12-10(14)8-5-7(3)17-13-8/h5-6,9H,4H2,1-3H3,(H,12,14)(H,15,16)/t6-,9-/m0/s1. The number of carboxylic acid groups (broad SMARTS) is 1. The van der Waals surface area contributed by atoms with Crippen LogP contribution in [0.1, 0.15) is 36.5 Å². The van der Waals surface area contributed by atoms with Gasteiger partial charge in [0.05, 0.1) is 0 Å². The van der Waals surface area contributed by atoms with E-state index in [1.54, 1.807) is 13.8 Å². The molecule has 0 saturated carbocycles. The van der Waals surface area contributed by atoms with Gasteiger partial charge in [-0.05, 0) is 12.8 Å². The number of nitrogens with one attached hydrogen (secondary N) is 1. The van der Waals surface area contributed by atoms with Crippen molar-refractivity contribution in [3.05, 3.63) is 17.5 Å². The lowest BCUT2D eigenvalue weighted by molar-refractivity contribution is -0.140. The molecule has 0 aromatic carbocycles. The predicted octanol–water partition coefficient (Wildman–Crippen LogP) is 1.21. The van der Waals surface area contributed by atoms with Crippen molar-refractivity contribution in [2.24, 2.45) is 5.92 Å². The van der Waals surface area contributed by atoms with Gasteiger partial charge in [0, 0.05) is 6.07 Å². The zero-order valence-corrected chi connectivity index (χ0v) is 10.1. The number of aromatic nitrogens is 1. The Morgan fingerprint density at radius 2 is 2.24 bits per heavy atom. The van der Waals surface area contributed by atoms with Crippen molar-refractivity contribution in [2.75, 3.05) is 0 Å². The van der Waals surface area contributed by atoms with Crippen molar-refractivity contribution in [1.82, 2.24) is 10.5 Å². The van der Waals surface area contributed by atoms with E-state index in [9.17, 15) is 9.59 Å². The minimum Gasteiger partial charge on any atom is -0.480 e. The Labute approximate surface area is 99.0 Å². The van der Waals surface area contributed by atoms with E-state index in [4.69, 9.17) is 9.63 Å². The van der Waals surface area contributed by atoms with Gasteiger partial charge in [0.2, 0.25) is 0 Å². The summed E-state index contributed by atoms with van der Waals surface area (Å²) in [5, 5.41) is 15.0. The Morgan fingerprint density at radius 3 is 2.65 bits per heavy atom. The van der Waals surface area contributed by atoms with E-state index in [0.717, 1.165) is 0 Å². The summed E-state index contributed by atoms with van der Waals surface area (Å²) in [5.74, 6) is -1.22. The molecule has 6 nitrogen and oxygen atoms in total. The normalized spacial score (nSPS) is 14.1. The van der Waals surface area contributed by atoms with Crippen LogP contribution >= 0.6 is 0 Å². The van der Waals surface area contributed by atoms with Crippen molar-refractivity contribution in [2.45, 2.75) is 33.2 Å². The Hall–Kier alpha value is -1.85. The van der Waals surface area contributed by atoms with Crippen molar-refractivity contribution < 1.29 is 19.2 Å². The van der Waals surface area contributed by atoms with Crippen LogP contribution in [0.2, 0.25) is 0 Å². The van der Waals surface area contributed by atoms with Crippen LogP contribution in [-0.2, 0) is 4.79 Å². The topological polar surface area (TPSA) is 92.4 Å². The summed E-state index contributed by atoms with van der Waals surface area (Å²) < 4.78 is 4.76. The van der Waals surface area contributed by atoms with Gasteiger partial charge in [0.15, 0.2) is 5.69 Å². The number of amides is 1. The number of hydrogen-bond acceptors (Lipinski definition) is 4. The quantitative estimate of drug-likeness (QED) is 0.807. The number of carbonyl (C=O) groups is 2. The molecule has 1 rings (SSSR count). The number of nitrogens with zero attached hydrogens (tertiary/aromatic N) is 1. The summed E-state index contributed by atoms with van der Waals surface area (Å²) >= 11 is 0. The van der Waals surface area contributed by atoms with Crippen LogP contribution in [0.15, 0.2) is 10.6 Å². The van der Waals surface area contributed by atoms with Gasteiger partial charge in [-0.2, -0.15) is 0 Å². The molecule has 0 spiro atoms. The maximum absolute atomic E-state index is 11.7. The van der Waals surface area contributed by atoms with E-state index in [0.29, 0.717) is 12.2 Å². The second kappa shape index (κ2) is 5.47. The fourth-order valence-electron chi connectivity index (χ4n) is 1.37. The van der Waals surface area contributed by atoms with Crippen LogP contribution in [0.25, 0.3) is 0 Å². The van der Waals surface area contributed by atoms with E-state index < -0.39 is 17.9 Å². The smallest absolute Gasteiger partial charge is 0.326 e. The van der Waals surface area contributed by atoms with Crippen molar-refractivity contribution in [3.63, 3.8) is 0 Å². The largest absolute Gasteiger partial charge is 0.480 e. The Balaban J connectivity index is 2.74. The molecule has 0 aliphatic carbocycles. The predicted molar refractivity (Wildman–Crippen MR) is 59.6 cm³/mol. The molecule has 0 unspecified atom stereocenters. The second-order valence-electron chi connectivity index (χ2n) is 4.00. The van der Waals surface area contributed by atoms with Gasteiger partial charge < -0.3 is 14.9 Å². The van der Waals surface area contributed by atoms with Crippen molar-refractivity contribution in [3.8, 4) is 0 Å². The minimum atomic E-state index is -1.05. The fourth-order valence-corrected chi connectivity index (χ4v) is 1.37. The van der Waals surface area contributed by atoms with E-state index in [1.807, 2.05) is 6.92 Å². The van der Waals surface area contributed by atoms with Crippen LogP contribution in [0.3, 0.4) is 0 Å². The molecule has 0 saturated heterocycles. The fraction of sp³-hybridized carbons (Fsp3) is 0.545. The molecule has 94 valence electrons. The Morgan fingerprint density at radius 1 is 1.59 bits per heavy atom. The lowest BCUT2D eigenvalue weighted by atomic mass is 9.99. The third-order valence-corrected chi connectivity index (χ3v) is 2.63. The van der Waals surface area contributed by atoms with Gasteiger partial charge in [-0.15, -0.1) is 0 Å². The first-order chi connectivity index (χ1) is 7.95. The summed E-state index contributed by atoms with van der Waals surface area (Å²) in [4.78, 5) is 22.7. The second-order valence-corrected chi connectivity index (χ2v) is 4.00. The molecule has 1 heterocycles. The highest BCUT2D eigenvalue weighted by molar-refractivity contribution is 5.94. The first-order valence-corrected chi connectivity index (χ1v) is 5.42. The summed E-state index contributed by atoms with van der Waals surface area (Å²) in [6.07, 6.45) is 0.662. The molecule has 17 heavy (non-hydrogen) atoms. The number of rotatable bonds is 5. The lowest BCUT2D eigenvalue weighted by Crippen LogP contribution is -2.45. The van der Waals surface area contributed by atoms with Crippen LogP contribution in [0.5, 0.6) is 0 Å². The average molecular weight is 240 g/mol. The third kappa shape index (κ3) is 3.30. The number of carboxylic acids is 1. The van der Waals surface area contributed by atoms with E-state index in [2.05, 4.69) is 10.5 Å². The molecule has 6 heteroatoms. The van der Waals surface area contributed by atoms with E-state index in [-0.39, 0.29) is 11.6 Å². The van der Waals surface area contributed by atoms with Gasteiger partial charge in [-0.1, -0.05) is 25.4 Å². The van der Waals surface area contributed by atoms with Gasteiger partial charge in [0.1, 0.15) is 11.8 Å².